The van der Waals surface area contributed by atoms with Gasteiger partial charge in [0.1, 0.15) is 17.2 Å². The quantitative estimate of drug-likeness (QED) is 0.605. The predicted molar refractivity (Wildman–Crippen MR) is 106 cm³/mol. The summed E-state index contributed by atoms with van der Waals surface area (Å²) < 4.78 is 5.80. The average molecular weight is 376 g/mol. The van der Waals surface area contributed by atoms with Gasteiger partial charge in [-0.2, -0.15) is 0 Å². The Morgan fingerprint density at radius 2 is 2.25 bits per heavy atom. The molecule has 0 bridgehead atoms. The summed E-state index contributed by atoms with van der Waals surface area (Å²) in [6.45, 7) is 2.29. The molecule has 1 aliphatic heterocycles. The van der Waals surface area contributed by atoms with E-state index in [0.717, 1.165) is 33.4 Å². The number of aromatic nitrogens is 1. The normalized spacial score (nSPS) is 16.2. The number of para-hydroxylation sites is 1. The zero-order valence-corrected chi connectivity index (χ0v) is 15.4. The molecule has 1 aromatic carbocycles. The highest BCUT2D eigenvalue weighted by atomic mass is 16.3. The van der Waals surface area contributed by atoms with Gasteiger partial charge in [-0.15, -0.1) is 0 Å². The predicted octanol–water partition coefficient (Wildman–Crippen LogP) is 2.29. The first-order valence-corrected chi connectivity index (χ1v) is 8.99. The first-order valence-electron chi connectivity index (χ1n) is 8.99. The molecule has 0 radical (unpaired) electrons. The molecule has 1 aliphatic rings. The molecular weight excluding hydrogens is 356 g/mol. The van der Waals surface area contributed by atoms with Crippen molar-refractivity contribution in [3.05, 3.63) is 65.1 Å². The number of nitrogens with two attached hydrogens (primary N) is 1. The third kappa shape index (κ3) is 3.52. The van der Waals surface area contributed by atoms with Crippen molar-refractivity contribution >= 4 is 34.7 Å². The van der Waals surface area contributed by atoms with Crippen LogP contribution in [0, 0.1) is 6.92 Å². The summed E-state index contributed by atoms with van der Waals surface area (Å²) in [7, 11) is 0. The number of hydrogen-bond acceptors (Lipinski definition) is 5. The molecule has 142 valence electrons. The number of fused-ring (bicyclic) bond motifs is 2. The van der Waals surface area contributed by atoms with Gasteiger partial charge < -0.3 is 20.8 Å². The van der Waals surface area contributed by atoms with Gasteiger partial charge in [0, 0.05) is 29.6 Å². The minimum Gasteiger partial charge on any atom is -0.459 e. The molecule has 1 atom stereocenters. The van der Waals surface area contributed by atoms with Gasteiger partial charge in [-0.1, -0.05) is 18.2 Å². The minimum atomic E-state index is -0.580. The lowest BCUT2D eigenvalue weighted by Crippen LogP contribution is -2.41. The maximum atomic E-state index is 12.2. The van der Waals surface area contributed by atoms with Crippen molar-refractivity contribution in [1.82, 2.24) is 10.3 Å². The molecule has 4 rings (SSSR count). The van der Waals surface area contributed by atoms with E-state index in [9.17, 15) is 9.59 Å². The second-order valence-corrected chi connectivity index (χ2v) is 6.77. The second-order valence-electron chi connectivity index (χ2n) is 6.77. The third-order valence-electron chi connectivity index (χ3n) is 4.80. The Hall–Kier alpha value is -3.45. The zero-order chi connectivity index (χ0) is 19.7. The number of nitrogens with zero attached hydrogens (tertiary/aromatic N) is 1. The largest absolute Gasteiger partial charge is 0.459 e. The molecule has 1 unspecified atom stereocenters. The number of carbonyl (C=O) groups is 2. The Labute approximate surface area is 161 Å². The van der Waals surface area contributed by atoms with Gasteiger partial charge in [0.15, 0.2) is 0 Å². The number of pyridine rings is 1. The highest BCUT2D eigenvalue weighted by Gasteiger charge is 2.23. The van der Waals surface area contributed by atoms with E-state index in [1.807, 2.05) is 37.3 Å². The Bertz CT molecular complexity index is 1100. The van der Waals surface area contributed by atoms with Gasteiger partial charge in [0.05, 0.1) is 12.6 Å². The first kappa shape index (κ1) is 17.9. The van der Waals surface area contributed by atoms with Crippen molar-refractivity contribution in [1.29, 1.82) is 0 Å². The van der Waals surface area contributed by atoms with Gasteiger partial charge in [0.25, 0.3) is 0 Å². The van der Waals surface area contributed by atoms with Crippen LogP contribution in [0.25, 0.3) is 17.0 Å². The number of benzene rings is 1. The number of hydrogen-bond donors (Lipinski definition) is 3. The van der Waals surface area contributed by atoms with E-state index in [1.54, 1.807) is 12.3 Å². The number of nitrogens with one attached hydrogen (secondary N) is 2. The molecule has 3 aromatic rings. The van der Waals surface area contributed by atoms with Crippen LogP contribution >= 0.6 is 0 Å². The highest BCUT2D eigenvalue weighted by molar-refractivity contribution is 5.97. The molecule has 7 nitrogen and oxygen atoms in total. The van der Waals surface area contributed by atoms with Crippen LogP contribution in [0.4, 0.5) is 5.82 Å². The van der Waals surface area contributed by atoms with E-state index in [-0.39, 0.29) is 11.8 Å². The van der Waals surface area contributed by atoms with E-state index in [1.165, 1.54) is 6.08 Å². The number of rotatable bonds is 4. The molecule has 7 heteroatoms. The lowest BCUT2D eigenvalue weighted by atomic mass is 10.0. The molecule has 4 N–H and O–H groups in total. The summed E-state index contributed by atoms with van der Waals surface area (Å²) >= 11 is 0. The summed E-state index contributed by atoms with van der Waals surface area (Å²) in [6, 6.07) is 9.07. The first-order chi connectivity index (χ1) is 13.5. The number of anilines is 1. The summed E-state index contributed by atoms with van der Waals surface area (Å²) in [5.41, 5.74) is 9.22. The van der Waals surface area contributed by atoms with Gasteiger partial charge in [-0.05, 0) is 36.3 Å². The standard InChI is InChI=1S/C21H20N4O3/c1-12-15-4-2-3-5-17(15)28-18(12)11-23-19(26)7-6-13-8-14-9-16(22)21(27)25-20(14)24-10-13/h2-8,10,16H,9,11,22H2,1H3,(H,23,26)(H,24,25,27)/b7-6+. The topological polar surface area (TPSA) is 110 Å². The SMILES string of the molecule is Cc1c(CNC(=O)/C=C/c2cnc3c(c2)CC(N)C(=O)N3)oc2ccccc12. The molecule has 28 heavy (non-hydrogen) atoms. The van der Waals surface area contributed by atoms with Crippen molar-refractivity contribution < 1.29 is 14.0 Å². The molecule has 3 heterocycles. The van der Waals surface area contributed by atoms with E-state index in [4.69, 9.17) is 10.2 Å². The van der Waals surface area contributed by atoms with E-state index in [2.05, 4.69) is 15.6 Å². The molecule has 0 saturated heterocycles. The van der Waals surface area contributed by atoms with Crippen molar-refractivity contribution in [2.75, 3.05) is 5.32 Å². The minimum absolute atomic E-state index is 0.233. The second kappa shape index (κ2) is 7.28. The number of furan rings is 1. The summed E-state index contributed by atoms with van der Waals surface area (Å²) in [5.74, 6) is 0.794. The van der Waals surface area contributed by atoms with Crippen molar-refractivity contribution in [2.24, 2.45) is 5.73 Å². The monoisotopic (exact) mass is 376 g/mol. The van der Waals surface area contributed by atoms with Gasteiger partial charge in [0.2, 0.25) is 11.8 Å². The van der Waals surface area contributed by atoms with Crippen LogP contribution in [0.3, 0.4) is 0 Å². The molecule has 2 aromatic heterocycles. The molecule has 0 aliphatic carbocycles. The van der Waals surface area contributed by atoms with Gasteiger partial charge in [-0.25, -0.2) is 4.98 Å². The fourth-order valence-electron chi connectivity index (χ4n) is 3.22. The Balaban J connectivity index is 1.41. The third-order valence-corrected chi connectivity index (χ3v) is 4.80. The molecule has 0 spiro atoms. The average Bonchev–Trinajstić information content (AvgIpc) is 3.02. The maximum absolute atomic E-state index is 12.2. The lowest BCUT2D eigenvalue weighted by Gasteiger charge is -2.20. The maximum Gasteiger partial charge on any atom is 0.244 e. The molecule has 0 fully saturated rings. The lowest BCUT2D eigenvalue weighted by molar-refractivity contribution is -0.118. The number of aryl methyl sites for hydroxylation is 1. The Morgan fingerprint density at radius 3 is 3.07 bits per heavy atom. The van der Waals surface area contributed by atoms with Crippen molar-refractivity contribution in [3.63, 3.8) is 0 Å². The van der Waals surface area contributed by atoms with Crippen molar-refractivity contribution in [3.8, 4) is 0 Å². The number of amides is 2. The Kier molecular flexibility index (Phi) is 4.67. The van der Waals surface area contributed by atoms with Crippen LogP contribution in [-0.4, -0.2) is 22.8 Å². The van der Waals surface area contributed by atoms with Gasteiger partial charge in [-0.3, -0.25) is 9.59 Å². The fraction of sp³-hybridized carbons (Fsp3) is 0.190. The number of carbonyl (C=O) groups excluding carboxylic acids is 2. The van der Waals surface area contributed by atoms with Crippen LogP contribution in [-0.2, 0) is 22.6 Å². The van der Waals surface area contributed by atoms with E-state index < -0.39 is 6.04 Å². The zero-order valence-electron chi connectivity index (χ0n) is 15.4. The van der Waals surface area contributed by atoms with Crippen LogP contribution in [0.2, 0.25) is 0 Å². The van der Waals surface area contributed by atoms with Crippen LogP contribution in [0.5, 0.6) is 0 Å². The fourth-order valence-corrected chi connectivity index (χ4v) is 3.22. The summed E-state index contributed by atoms with van der Waals surface area (Å²) in [4.78, 5) is 28.0. The summed E-state index contributed by atoms with van der Waals surface area (Å²) in [5, 5.41) is 6.55. The highest BCUT2D eigenvalue weighted by Crippen LogP contribution is 2.24. The van der Waals surface area contributed by atoms with Crippen LogP contribution in [0.1, 0.15) is 22.5 Å². The Morgan fingerprint density at radius 1 is 1.43 bits per heavy atom. The van der Waals surface area contributed by atoms with E-state index >= 15 is 0 Å². The molecule has 2 amide bonds. The molecule has 0 saturated carbocycles. The van der Waals surface area contributed by atoms with Crippen LogP contribution < -0.4 is 16.4 Å². The van der Waals surface area contributed by atoms with Crippen LogP contribution in [0.15, 0.2) is 47.0 Å². The molecular formula is C21H20N4O3. The van der Waals surface area contributed by atoms with E-state index in [0.29, 0.717) is 18.8 Å². The summed E-state index contributed by atoms with van der Waals surface area (Å²) in [6.07, 6.45) is 5.15. The van der Waals surface area contributed by atoms with Gasteiger partial charge >= 0.3 is 0 Å². The smallest absolute Gasteiger partial charge is 0.244 e. The van der Waals surface area contributed by atoms with Crippen molar-refractivity contribution in [2.45, 2.75) is 25.9 Å².